The Balaban J connectivity index is 1.77. The number of aliphatic hydroxyl groups is 1. The van der Waals surface area contributed by atoms with E-state index in [9.17, 15) is 5.11 Å². The smallest absolute Gasteiger partial charge is 0.123 e. The van der Waals surface area contributed by atoms with Gasteiger partial charge in [-0.05, 0) is 50.5 Å². The predicted molar refractivity (Wildman–Crippen MR) is 89.1 cm³/mol. The summed E-state index contributed by atoms with van der Waals surface area (Å²) in [7, 11) is 1.77. The minimum Gasteiger partial charge on any atom is -0.496 e. The Morgan fingerprint density at radius 3 is 2.41 bits per heavy atom. The van der Waals surface area contributed by atoms with Crippen molar-refractivity contribution < 1.29 is 9.84 Å². The van der Waals surface area contributed by atoms with E-state index in [-0.39, 0.29) is 6.10 Å². The highest BCUT2D eigenvalue weighted by Crippen LogP contribution is 2.40. The molecule has 1 atom stereocenters. The van der Waals surface area contributed by atoms with Gasteiger partial charge in [0.25, 0.3) is 0 Å². The standard InChI is InChI=1S/C19H29NO2/c1-22-18-9-5-4-8-17(18)19(14-6-2-3-7-14)20-15-10-12-16(21)13-11-15/h4-5,8-9,14-16,19-21H,2-3,6-7,10-13H2,1H3. The molecule has 2 fully saturated rings. The molecule has 1 unspecified atom stereocenters. The molecule has 3 rings (SSSR count). The Hall–Kier alpha value is -1.06. The van der Waals surface area contributed by atoms with Crippen molar-refractivity contribution in [2.45, 2.75) is 69.6 Å². The maximum Gasteiger partial charge on any atom is 0.123 e. The summed E-state index contributed by atoms with van der Waals surface area (Å²) in [6.45, 7) is 0. The zero-order valence-corrected chi connectivity index (χ0v) is 13.6. The lowest BCUT2D eigenvalue weighted by Crippen LogP contribution is -2.39. The summed E-state index contributed by atoms with van der Waals surface area (Å²) in [5, 5.41) is 13.6. The van der Waals surface area contributed by atoms with Gasteiger partial charge in [-0.3, -0.25) is 0 Å². The number of hydrogen-bond acceptors (Lipinski definition) is 3. The van der Waals surface area contributed by atoms with Gasteiger partial charge in [0.15, 0.2) is 0 Å². The number of hydrogen-bond donors (Lipinski definition) is 2. The third kappa shape index (κ3) is 3.64. The van der Waals surface area contributed by atoms with Crippen molar-refractivity contribution in [1.29, 1.82) is 0 Å². The predicted octanol–water partition coefficient (Wildman–Crippen LogP) is 3.82. The van der Waals surface area contributed by atoms with Gasteiger partial charge in [0.2, 0.25) is 0 Å². The molecule has 0 saturated heterocycles. The minimum absolute atomic E-state index is 0.0887. The Morgan fingerprint density at radius 1 is 1.05 bits per heavy atom. The second-order valence-electron chi connectivity index (χ2n) is 6.94. The number of para-hydroxylation sites is 1. The number of nitrogens with one attached hydrogen (secondary N) is 1. The van der Waals surface area contributed by atoms with E-state index in [1.165, 1.54) is 31.2 Å². The fourth-order valence-corrected chi connectivity index (χ4v) is 4.19. The van der Waals surface area contributed by atoms with Crippen molar-refractivity contribution >= 4 is 0 Å². The van der Waals surface area contributed by atoms with Gasteiger partial charge in [-0.2, -0.15) is 0 Å². The number of rotatable bonds is 5. The van der Waals surface area contributed by atoms with Gasteiger partial charge in [-0.25, -0.2) is 0 Å². The Morgan fingerprint density at radius 2 is 1.73 bits per heavy atom. The summed E-state index contributed by atoms with van der Waals surface area (Å²) in [5.41, 5.74) is 1.31. The maximum absolute atomic E-state index is 9.72. The average Bonchev–Trinajstić information content (AvgIpc) is 3.08. The van der Waals surface area contributed by atoms with Crippen LogP contribution < -0.4 is 10.1 Å². The third-order valence-corrected chi connectivity index (χ3v) is 5.46. The topological polar surface area (TPSA) is 41.5 Å². The van der Waals surface area contributed by atoms with E-state index < -0.39 is 0 Å². The molecular formula is C19H29NO2. The number of benzene rings is 1. The van der Waals surface area contributed by atoms with Crippen molar-refractivity contribution in [1.82, 2.24) is 5.32 Å². The molecule has 0 heterocycles. The summed E-state index contributed by atoms with van der Waals surface area (Å²) >= 11 is 0. The van der Waals surface area contributed by atoms with Gasteiger partial charge in [0.05, 0.1) is 13.2 Å². The fourth-order valence-electron chi connectivity index (χ4n) is 4.19. The first-order valence-electron chi connectivity index (χ1n) is 8.85. The van der Waals surface area contributed by atoms with Gasteiger partial charge in [-0.15, -0.1) is 0 Å². The monoisotopic (exact) mass is 303 g/mol. The highest BCUT2D eigenvalue weighted by Gasteiger charge is 2.31. The van der Waals surface area contributed by atoms with Crippen LogP contribution in [0.25, 0.3) is 0 Å². The second-order valence-corrected chi connectivity index (χ2v) is 6.94. The molecular weight excluding hydrogens is 274 g/mol. The molecule has 1 aromatic carbocycles. The average molecular weight is 303 g/mol. The minimum atomic E-state index is -0.0887. The molecule has 1 aromatic rings. The van der Waals surface area contributed by atoms with Crippen molar-refractivity contribution in [3.8, 4) is 5.75 Å². The quantitative estimate of drug-likeness (QED) is 0.869. The summed E-state index contributed by atoms with van der Waals surface area (Å²) in [6.07, 6.45) is 9.26. The molecule has 2 aliphatic carbocycles. The first kappa shape index (κ1) is 15.8. The summed E-state index contributed by atoms with van der Waals surface area (Å²) in [6, 6.07) is 9.37. The molecule has 0 bridgehead atoms. The summed E-state index contributed by atoms with van der Waals surface area (Å²) in [5.74, 6) is 1.71. The SMILES string of the molecule is COc1ccccc1C(NC1CCC(O)CC1)C1CCCC1. The fraction of sp³-hybridized carbons (Fsp3) is 0.684. The molecule has 2 aliphatic rings. The number of aliphatic hydroxyl groups excluding tert-OH is 1. The van der Waals surface area contributed by atoms with Crippen LogP contribution >= 0.6 is 0 Å². The van der Waals surface area contributed by atoms with Crippen LogP contribution in [-0.4, -0.2) is 24.4 Å². The number of ether oxygens (including phenoxy) is 1. The zero-order chi connectivity index (χ0) is 15.4. The van der Waals surface area contributed by atoms with Crippen molar-refractivity contribution in [3.05, 3.63) is 29.8 Å². The second kappa shape index (κ2) is 7.47. The van der Waals surface area contributed by atoms with Crippen LogP contribution in [0.2, 0.25) is 0 Å². The lowest BCUT2D eigenvalue weighted by atomic mass is 9.87. The third-order valence-electron chi connectivity index (χ3n) is 5.46. The molecule has 3 heteroatoms. The van der Waals surface area contributed by atoms with Gasteiger partial charge >= 0.3 is 0 Å². The highest BCUT2D eigenvalue weighted by atomic mass is 16.5. The largest absolute Gasteiger partial charge is 0.496 e. The van der Waals surface area contributed by atoms with Crippen LogP contribution in [0.1, 0.15) is 63.0 Å². The van der Waals surface area contributed by atoms with Gasteiger partial charge < -0.3 is 15.2 Å². The Bertz CT molecular complexity index is 462. The van der Waals surface area contributed by atoms with E-state index in [1.54, 1.807) is 7.11 Å². The Kier molecular flexibility index (Phi) is 5.37. The Labute approximate surface area is 134 Å². The van der Waals surface area contributed by atoms with Crippen LogP contribution in [-0.2, 0) is 0 Å². The van der Waals surface area contributed by atoms with E-state index in [0.29, 0.717) is 18.0 Å². The first-order chi connectivity index (χ1) is 10.8. The first-order valence-corrected chi connectivity index (χ1v) is 8.85. The van der Waals surface area contributed by atoms with Crippen molar-refractivity contribution in [2.24, 2.45) is 5.92 Å². The normalized spacial score (nSPS) is 27.7. The van der Waals surface area contributed by atoms with Crippen LogP contribution in [0.4, 0.5) is 0 Å². The van der Waals surface area contributed by atoms with Crippen molar-refractivity contribution in [3.63, 3.8) is 0 Å². The molecule has 2 N–H and O–H groups in total. The molecule has 0 radical (unpaired) electrons. The lowest BCUT2D eigenvalue weighted by molar-refractivity contribution is 0.111. The lowest BCUT2D eigenvalue weighted by Gasteiger charge is -2.34. The van der Waals surface area contributed by atoms with E-state index in [2.05, 4.69) is 23.5 Å². The molecule has 2 saturated carbocycles. The van der Waals surface area contributed by atoms with E-state index >= 15 is 0 Å². The van der Waals surface area contributed by atoms with Crippen LogP contribution in [0.3, 0.4) is 0 Å². The van der Waals surface area contributed by atoms with Gasteiger partial charge in [0.1, 0.15) is 5.75 Å². The van der Waals surface area contributed by atoms with Crippen LogP contribution in [0.5, 0.6) is 5.75 Å². The molecule has 0 aliphatic heterocycles. The molecule has 22 heavy (non-hydrogen) atoms. The molecule has 3 nitrogen and oxygen atoms in total. The molecule has 0 spiro atoms. The van der Waals surface area contributed by atoms with Gasteiger partial charge in [-0.1, -0.05) is 31.0 Å². The number of methoxy groups -OCH3 is 1. The molecule has 0 amide bonds. The van der Waals surface area contributed by atoms with Crippen molar-refractivity contribution in [2.75, 3.05) is 7.11 Å². The van der Waals surface area contributed by atoms with E-state index in [1.807, 2.05) is 6.07 Å². The van der Waals surface area contributed by atoms with E-state index in [0.717, 1.165) is 31.4 Å². The molecule has 0 aromatic heterocycles. The van der Waals surface area contributed by atoms with E-state index in [4.69, 9.17) is 4.74 Å². The maximum atomic E-state index is 9.72. The van der Waals surface area contributed by atoms with Crippen LogP contribution in [0.15, 0.2) is 24.3 Å². The summed E-state index contributed by atoms with van der Waals surface area (Å²) in [4.78, 5) is 0. The molecule has 122 valence electrons. The zero-order valence-electron chi connectivity index (χ0n) is 13.6. The van der Waals surface area contributed by atoms with Gasteiger partial charge in [0, 0.05) is 17.6 Å². The highest BCUT2D eigenvalue weighted by molar-refractivity contribution is 5.36. The summed E-state index contributed by atoms with van der Waals surface area (Å²) < 4.78 is 5.61. The van der Waals surface area contributed by atoms with Crippen LogP contribution in [0, 0.1) is 5.92 Å².